The van der Waals surface area contributed by atoms with Crippen LogP contribution >= 0.6 is 0 Å². The Hall–Kier alpha value is -1.91. The molecule has 0 bridgehead atoms. The Bertz CT molecular complexity index is 419. The van der Waals surface area contributed by atoms with Crippen molar-refractivity contribution >= 4 is 6.09 Å². The average Bonchev–Trinajstić information content (AvgIpc) is 2.75. The van der Waals surface area contributed by atoms with Gasteiger partial charge in [0.1, 0.15) is 0 Å². The Labute approximate surface area is 99.7 Å². The fourth-order valence-electron chi connectivity index (χ4n) is 1.62. The van der Waals surface area contributed by atoms with Gasteiger partial charge in [0.2, 0.25) is 6.79 Å². The van der Waals surface area contributed by atoms with Gasteiger partial charge in [0.15, 0.2) is 11.5 Å². The number of alkyl carbamates (subject to hydrolysis) is 1. The SMILES string of the molecule is CCOC(=O)N[C@H](C)c1ccc2c(c1)OCO2. The third kappa shape index (κ3) is 2.61. The first kappa shape index (κ1) is 11.6. The number of nitrogens with one attached hydrogen (secondary N) is 1. The lowest BCUT2D eigenvalue weighted by Crippen LogP contribution is -2.27. The summed E-state index contributed by atoms with van der Waals surface area (Å²) in [6, 6.07) is 5.45. The first-order valence-electron chi connectivity index (χ1n) is 5.53. The maximum absolute atomic E-state index is 11.3. The first-order valence-corrected chi connectivity index (χ1v) is 5.53. The lowest BCUT2D eigenvalue weighted by molar-refractivity contribution is 0.149. The van der Waals surface area contributed by atoms with Crippen LogP contribution < -0.4 is 14.8 Å². The standard InChI is InChI=1S/C12H15NO4/c1-3-15-12(14)13-8(2)9-4-5-10-11(6-9)17-7-16-10/h4-6,8H,3,7H2,1-2H3,(H,13,14)/t8-/m1/s1. The van der Waals surface area contributed by atoms with Crippen molar-refractivity contribution in [3.8, 4) is 11.5 Å². The highest BCUT2D eigenvalue weighted by Crippen LogP contribution is 2.34. The molecule has 1 N–H and O–H groups in total. The van der Waals surface area contributed by atoms with Gasteiger partial charge in [-0.2, -0.15) is 0 Å². The highest BCUT2D eigenvalue weighted by Gasteiger charge is 2.16. The van der Waals surface area contributed by atoms with Crippen molar-refractivity contribution in [1.82, 2.24) is 5.32 Å². The maximum Gasteiger partial charge on any atom is 0.407 e. The van der Waals surface area contributed by atoms with Crippen molar-refractivity contribution in [2.75, 3.05) is 13.4 Å². The van der Waals surface area contributed by atoms with E-state index in [-0.39, 0.29) is 12.8 Å². The van der Waals surface area contributed by atoms with E-state index in [1.165, 1.54) is 0 Å². The molecule has 0 saturated carbocycles. The van der Waals surface area contributed by atoms with Gasteiger partial charge < -0.3 is 19.5 Å². The fourth-order valence-corrected chi connectivity index (χ4v) is 1.62. The summed E-state index contributed by atoms with van der Waals surface area (Å²) in [5.74, 6) is 1.44. The van der Waals surface area contributed by atoms with Gasteiger partial charge in [-0.1, -0.05) is 6.07 Å². The lowest BCUT2D eigenvalue weighted by atomic mass is 10.1. The van der Waals surface area contributed by atoms with Crippen molar-refractivity contribution in [2.24, 2.45) is 0 Å². The van der Waals surface area contributed by atoms with Gasteiger partial charge in [-0.15, -0.1) is 0 Å². The molecule has 1 aromatic carbocycles. The molecule has 0 aromatic heterocycles. The molecule has 1 heterocycles. The zero-order chi connectivity index (χ0) is 12.3. The van der Waals surface area contributed by atoms with Crippen LogP contribution in [0.3, 0.4) is 0 Å². The van der Waals surface area contributed by atoms with Crippen molar-refractivity contribution in [3.05, 3.63) is 23.8 Å². The van der Waals surface area contributed by atoms with Crippen molar-refractivity contribution in [1.29, 1.82) is 0 Å². The molecule has 1 atom stereocenters. The molecule has 0 aliphatic carbocycles. The largest absolute Gasteiger partial charge is 0.454 e. The van der Waals surface area contributed by atoms with Crippen LogP contribution in [-0.4, -0.2) is 19.5 Å². The van der Waals surface area contributed by atoms with Gasteiger partial charge in [-0.25, -0.2) is 4.79 Å². The smallest absolute Gasteiger partial charge is 0.407 e. The number of hydrogen-bond donors (Lipinski definition) is 1. The third-order valence-electron chi connectivity index (χ3n) is 2.51. The van der Waals surface area contributed by atoms with Gasteiger partial charge in [0.05, 0.1) is 12.6 Å². The van der Waals surface area contributed by atoms with Crippen LogP contribution in [0.25, 0.3) is 0 Å². The fraction of sp³-hybridized carbons (Fsp3) is 0.417. The molecule has 1 aliphatic rings. The molecule has 92 valence electrons. The van der Waals surface area contributed by atoms with Gasteiger partial charge in [0.25, 0.3) is 0 Å². The Morgan fingerprint density at radius 3 is 3.00 bits per heavy atom. The number of amides is 1. The van der Waals surface area contributed by atoms with E-state index >= 15 is 0 Å². The van der Waals surface area contributed by atoms with E-state index in [0.717, 1.165) is 11.3 Å². The molecule has 0 fully saturated rings. The summed E-state index contributed by atoms with van der Waals surface area (Å²) < 4.78 is 15.3. The van der Waals surface area contributed by atoms with E-state index in [9.17, 15) is 4.79 Å². The number of fused-ring (bicyclic) bond motifs is 1. The summed E-state index contributed by atoms with van der Waals surface area (Å²) in [5, 5.41) is 2.73. The number of carbonyl (C=O) groups excluding carboxylic acids is 1. The molecule has 0 saturated heterocycles. The molecule has 1 aliphatic heterocycles. The molecular weight excluding hydrogens is 222 g/mol. The second-order valence-corrected chi connectivity index (χ2v) is 3.70. The minimum absolute atomic E-state index is 0.136. The summed E-state index contributed by atoms with van der Waals surface area (Å²) in [5.41, 5.74) is 0.947. The molecular formula is C12H15NO4. The number of carbonyl (C=O) groups is 1. The van der Waals surface area contributed by atoms with Crippen LogP contribution in [0.15, 0.2) is 18.2 Å². The first-order chi connectivity index (χ1) is 8.20. The van der Waals surface area contributed by atoms with Gasteiger partial charge in [-0.05, 0) is 31.5 Å². The second kappa shape index (κ2) is 4.95. The minimum atomic E-state index is -0.419. The number of rotatable bonds is 3. The Balaban J connectivity index is 2.04. The van der Waals surface area contributed by atoms with Crippen LogP contribution in [0.5, 0.6) is 11.5 Å². The van der Waals surface area contributed by atoms with E-state index in [0.29, 0.717) is 12.4 Å². The zero-order valence-electron chi connectivity index (χ0n) is 9.86. The van der Waals surface area contributed by atoms with Gasteiger partial charge >= 0.3 is 6.09 Å². The molecule has 0 unspecified atom stereocenters. The quantitative estimate of drug-likeness (QED) is 0.875. The predicted octanol–water partition coefficient (Wildman–Crippen LogP) is 2.22. The zero-order valence-corrected chi connectivity index (χ0v) is 9.86. The highest BCUT2D eigenvalue weighted by molar-refractivity contribution is 5.67. The molecule has 5 nitrogen and oxygen atoms in total. The molecule has 0 radical (unpaired) electrons. The molecule has 2 rings (SSSR count). The average molecular weight is 237 g/mol. The monoisotopic (exact) mass is 237 g/mol. The second-order valence-electron chi connectivity index (χ2n) is 3.70. The van der Waals surface area contributed by atoms with E-state index in [4.69, 9.17) is 14.2 Å². The van der Waals surface area contributed by atoms with E-state index in [2.05, 4.69) is 5.32 Å². The van der Waals surface area contributed by atoms with E-state index < -0.39 is 6.09 Å². The number of hydrogen-bond acceptors (Lipinski definition) is 4. The summed E-state index contributed by atoms with van der Waals surface area (Å²) in [4.78, 5) is 11.3. The van der Waals surface area contributed by atoms with Crippen LogP contribution in [0.1, 0.15) is 25.5 Å². The summed E-state index contributed by atoms with van der Waals surface area (Å²) in [7, 11) is 0. The molecule has 1 aromatic rings. The van der Waals surface area contributed by atoms with Gasteiger partial charge in [-0.3, -0.25) is 0 Å². The summed E-state index contributed by atoms with van der Waals surface area (Å²) in [6.07, 6.45) is -0.419. The Morgan fingerprint density at radius 1 is 1.47 bits per heavy atom. The minimum Gasteiger partial charge on any atom is -0.454 e. The van der Waals surface area contributed by atoms with Gasteiger partial charge in [0, 0.05) is 0 Å². The van der Waals surface area contributed by atoms with Crippen LogP contribution in [0, 0.1) is 0 Å². The topological polar surface area (TPSA) is 56.8 Å². The third-order valence-corrected chi connectivity index (χ3v) is 2.51. The van der Waals surface area contributed by atoms with Crippen LogP contribution in [0.2, 0.25) is 0 Å². The molecule has 17 heavy (non-hydrogen) atoms. The number of benzene rings is 1. The van der Waals surface area contributed by atoms with Crippen molar-refractivity contribution < 1.29 is 19.0 Å². The lowest BCUT2D eigenvalue weighted by Gasteiger charge is -2.14. The predicted molar refractivity (Wildman–Crippen MR) is 61.1 cm³/mol. The van der Waals surface area contributed by atoms with Crippen molar-refractivity contribution in [2.45, 2.75) is 19.9 Å². The molecule has 0 spiro atoms. The highest BCUT2D eigenvalue weighted by atomic mass is 16.7. The summed E-state index contributed by atoms with van der Waals surface area (Å²) >= 11 is 0. The Kier molecular flexibility index (Phi) is 3.37. The molecule has 1 amide bonds. The molecule has 5 heteroatoms. The summed E-state index contributed by atoms with van der Waals surface area (Å²) in [6.45, 7) is 4.26. The van der Waals surface area contributed by atoms with E-state index in [1.54, 1.807) is 6.92 Å². The Morgan fingerprint density at radius 2 is 2.24 bits per heavy atom. The van der Waals surface area contributed by atoms with E-state index in [1.807, 2.05) is 25.1 Å². The normalized spacial score (nSPS) is 14.2. The van der Waals surface area contributed by atoms with Crippen LogP contribution in [0.4, 0.5) is 4.79 Å². The van der Waals surface area contributed by atoms with Crippen LogP contribution in [-0.2, 0) is 4.74 Å². The number of ether oxygens (including phenoxy) is 3. The van der Waals surface area contributed by atoms with Crippen molar-refractivity contribution in [3.63, 3.8) is 0 Å². The maximum atomic E-state index is 11.3.